The second kappa shape index (κ2) is 8.80. The van der Waals surface area contributed by atoms with Gasteiger partial charge in [-0.3, -0.25) is 9.52 Å². The molecule has 1 amide bonds. The second-order valence-electron chi connectivity index (χ2n) is 5.88. The predicted octanol–water partition coefficient (Wildman–Crippen LogP) is 3.89. The van der Waals surface area contributed by atoms with Gasteiger partial charge < -0.3 is 4.90 Å². The van der Waals surface area contributed by atoms with Crippen molar-refractivity contribution in [3.05, 3.63) is 59.9 Å². The molecule has 0 aromatic heterocycles. The SMILES string of the molecule is CCCCN(CC)C(=O)c1ccc(NS(=O)(=O)c2ccc(F)cc2)cc1. The van der Waals surface area contributed by atoms with Gasteiger partial charge >= 0.3 is 0 Å². The summed E-state index contributed by atoms with van der Waals surface area (Å²) in [5, 5.41) is 0. The summed E-state index contributed by atoms with van der Waals surface area (Å²) in [6, 6.07) is 10.9. The maximum Gasteiger partial charge on any atom is 0.261 e. The van der Waals surface area contributed by atoms with Gasteiger partial charge in [-0.2, -0.15) is 0 Å². The quantitative estimate of drug-likeness (QED) is 0.758. The van der Waals surface area contributed by atoms with Crippen LogP contribution in [0, 0.1) is 5.82 Å². The monoisotopic (exact) mass is 378 g/mol. The average molecular weight is 378 g/mol. The molecule has 0 aliphatic heterocycles. The first-order valence-corrected chi connectivity index (χ1v) is 10.0. The van der Waals surface area contributed by atoms with Gasteiger partial charge in [0.25, 0.3) is 15.9 Å². The zero-order valence-corrected chi connectivity index (χ0v) is 15.7. The third-order valence-corrected chi connectivity index (χ3v) is 5.36. The van der Waals surface area contributed by atoms with Crippen LogP contribution in [-0.2, 0) is 10.0 Å². The molecule has 0 atom stereocenters. The first-order chi connectivity index (χ1) is 12.4. The van der Waals surface area contributed by atoms with E-state index in [0.29, 0.717) is 24.3 Å². The van der Waals surface area contributed by atoms with E-state index in [1.807, 2.05) is 6.92 Å². The van der Waals surface area contributed by atoms with Gasteiger partial charge in [0.15, 0.2) is 0 Å². The number of amides is 1. The molecular formula is C19H23FN2O3S. The Hall–Kier alpha value is -2.41. The van der Waals surface area contributed by atoms with Gasteiger partial charge in [0.2, 0.25) is 0 Å². The smallest absolute Gasteiger partial charge is 0.261 e. The number of anilines is 1. The largest absolute Gasteiger partial charge is 0.339 e. The van der Waals surface area contributed by atoms with Crippen molar-refractivity contribution >= 4 is 21.6 Å². The fourth-order valence-corrected chi connectivity index (χ4v) is 3.50. The minimum Gasteiger partial charge on any atom is -0.339 e. The molecule has 0 spiro atoms. The topological polar surface area (TPSA) is 66.5 Å². The highest BCUT2D eigenvalue weighted by Crippen LogP contribution is 2.18. The van der Waals surface area contributed by atoms with Gasteiger partial charge in [0, 0.05) is 24.3 Å². The number of carbonyl (C=O) groups excluding carboxylic acids is 1. The van der Waals surface area contributed by atoms with Crippen LogP contribution in [0.4, 0.5) is 10.1 Å². The number of carbonyl (C=O) groups is 1. The molecule has 0 unspecified atom stereocenters. The van der Waals surface area contributed by atoms with Crippen molar-refractivity contribution in [2.75, 3.05) is 17.8 Å². The number of rotatable bonds is 8. The third kappa shape index (κ3) is 5.05. The van der Waals surface area contributed by atoms with Crippen LogP contribution >= 0.6 is 0 Å². The summed E-state index contributed by atoms with van der Waals surface area (Å²) >= 11 is 0. The molecule has 1 N–H and O–H groups in total. The van der Waals surface area contributed by atoms with E-state index < -0.39 is 15.8 Å². The lowest BCUT2D eigenvalue weighted by Gasteiger charge is -2.20. The number of unbranched alkanes of at least 4 members (excludes halogenated alkanes) is 1. The number of nitrogens with zero attached hydrogens (tertiary/aromatic N) is 1. The molecule has 0 heterocycles. The Bertz CT molecular complexity index is 834. The van der Waals surface area contributed by atoms with E-state index in [1.165, 1.54) is 12.1 Å². The van der Waals surface area contributed by atoms with Crippen LogP contribution in [0.2, 0.25) is 0 Å². The Labute approximate surface area is 153 Å². The van der Waals surface area contributed by atoms with Crippen LogP contribution in [0.3, 0.4) is 0 Å². The Morgan fingerprint density at radius 1 is 1.04 bits per heavy atom. The summed E-state index contributed by atoms with van der Waals surface area (Å²) in [4.78, 5) is 14.2. The molecule has 26 heavy (non-hydrogen) atoms. The summed E-state index contributed by atoms with van der Waals surface area (Å²) in [6.45, 7) is 5.32. The number of sulfonamides is 1. The zero-order chi connectivity index (χ0) is 19.2. The van der Waals surface area contributed by atoms with Crippen LogP contribution in [0.1, 0.15) is 37.0 Å². The molecule has 2 rings (SSSR count). The van der Waals surface area contributed by atoms with Crippen LogP contribution in [0.25, 0.3) is 0 Å². The molecule has 140 valence electrons. The van der Waals surface area contributed by atoms with E-state index in [2.05, 4.69) is 11.6 Å². The van der Waals surface area contributed by atoms with Crippen molar-refractivity contribution < 1.29 is 17.6 Å². The van der Waals surface area contributed by atoms with E-state index in [0.717, 1.165) is 25.0 Å². The summed E-state index contributed by atoms with van der Waals surface area (Å²) in [6.07, 6.45) is 1.95. The van der Waals surface area contributed by atoms with Gasteiger partial charge in [0.1, 0.15) is 5.82 Å². The van der Waals surface area contributed by atoms with Crippen molar-refractivity contribution in [1.29, 1.82) is 0 Å². The van der Waals surface area contributed by atoms with Gasteiger partial charge in [0.05, 0.1) is 4.90 Å². The van der Waals surface area contributed by atoms with Crippen molar-refractivity contribution in [2.24, 2.45) is 0 Å². The molecular weight excluding hydrogens is 355 g/mol. The van der Waals surface area contributed by atoms with Crippen LogP contribution in [0.5, 0.6) is 0 Å². The molecule has 2 aromatic carbocycles. The number of halogens is 1. The van der Waals surface area contributed by atoms with E-state index >= 15 is 0 Å². The van der Waals surface area contributed by atoms with Gasteiger partial charge in [-0.15, -0.1) is 0 Å². The minimum absolute atomic E-state index is 0.0317. The highest BCUT2D eigenvalue weighted by molar-refractivity contribution is 7.92. The van der Waals surface area contributed by atoms with Gasteiger partial charge in [-0.25, -0.2) is 12.8 Å². The first-order valence-electron chi connectivity index (χ1n) is 8.55. The van der Waals surface area contributed by atoms with Crippen molar-refractivity contribution in [1.82, 2.24) is 4.90 Å². The number of benzene rings is 2. The average Bonchev–Trinajstić information content (AvgIpc) is 2.63. The van der Waals surface area contributed by atoms with Crippen molar-refractivity contribution in [3.8, 4) is 0 Å². The van der Waals surface area contributed by atoms with Crippen LogP contribution in [-0.4, -0.2) is 32.3 Å². The van der Waals surface area contributed by atoms with E-state index in [1.54, 1.807) is 29.2 Å². The molecule has 0 saturated carbocycles. The summed E-state index contributed by atoms with van der Waals surface area (Å²) in [7, 11) is -3.81. The predicted molar refractivity (Wildman–Crippen MR) is 100 cm³/mol. The normalized spacial score (nSPS) is 11.2. The fourth-order valence-electron chi connectivity index (χ4n) is 2.44. The molecule has 0 fully saturated rings. The van der Waals surface area contributed by atoms with E-state index in [-0.39, 0.29) is 10.8 Å². The molecule has 7 heteroatoms. The molecule has 5 nitrogen and oxygen atoms in total. The summed E-state index contributed by atoms with van der Waals surface area (Å²) in [5.41, 5.74) is 0.843. The Balaban J connectivity index is 2.11. The lowest BCUT2D eigenvalue weighted by molar-refractivity contribution is 0.0762. The van der Waals surface area contributed by atoms with Gasteiger partial charge in [-0.05, 0) is 61.9 Å². The maximum atomic E-state index is 12.9. The first kappa shape index (κ1) is 19.9. The Kier molecular flexibility index (Phi) is 6.74. The fraction of sp³-hybridized carbons (Fsp3) is 0.316. The van der Waals surface area contributed by atoms with E-state index in [9.17, 15) is 17.6 Å². The molecule has 0 aliphatic rings. The van der Waals surface area contributed by atoms with E-state index in [4.69, 9.17) is 0 Å². The third-order valence-electron chi connectivity index (χ3n) is 3.96. The second-order valence-corrected chi connectivity index (χ2v) is 7.56. The van der Waals surface area contributed by atoms with Crippen LogP contribution in [0.15, 0.2) is 53.4 Å². The van der Waals surface area contributed by atoms with Crippen LogP contribution < -0.4 is 4.72 Å². The van der Waals surface area contributed by atoms with Crippen molar-refractivity contribution in [3.63, 3.8) is 0 Å². The standard InChI is InChI=1S/C19H23FN2O3S/c1-3-5-14-22(4-2)19(23)15-6-10-17(11-7-15)21-26(24,25)18-12-8-16(20)9-13-18/h6-13,21H,3-5,14H2,1-2H3. The van der Waals surface area contributed by atoms with Crippen molar-refractivity contribution in [2.45, 2.75) is 31.6 Å². The highest BCUT2D eigenvalue weighted by atomic mass is 32.2. The Morgan fingerprint density at radius 2 is 1.65 bits per heavy atom. The molecule has 0 saturated heterocycles. The number of hydrogen-bond acceptors (Lipinski definition) is 3. The molecule has 0 radical (unpaired) electrons. The van der Waals surface area contributed by atoms with Gasteiger partial charge in [-0.1, -0.05) is 13.3 Å². The lowest BCUT2D eigenvalue weighted by atomic mass is 10.1. The highest BCUT2D eigenvalue weighted by Gasteiger charge is 2.16. The molecule has 2 aromatic rings. The maximum absolute atomic E-state index is 12.9. The molecule has 0 aliphatic carbocycles. The Morgan fingerprint density at radius 3 is 2.19 bits per heavy atom. The number of nitrogens with one attached hydrogen (secondary N) is 1. The minimum atomic E-state index is -3.81. The molecule has 0 bridgehead atoms. The lowest BCUT2D eigenvalue weighted by Crippen LogP contribution is -2.31. The number of hydrogen-bond donors (Lipinski definition) is 1. The summed E-state index contributed by atoms with van der Waals surface area (Å²) < 4.78 is 40.0. The zero-order valence-electron chi connectivity index (χ0n) is 14.9. The summed E-state index contributed by atoms with van der Waals surface area (Å²) in [5.74, 6) is -0.579.